The minimum Gasteiger partial charge on any atom is -0.497 e. The molecule has 1 aromatic carbocycles. The summed E-state index contributed by atoms with van der Waals surface area (Å²) in [5.74, 6) is 0.788. The first-order valence-electron chi connectivity index (χ1n) is 8.54. The standard InChI is InChI=1S/C19H23NO5/c1-13-5-7-20(8-6-13)18(21)12-25-19(22)9-14-11-24-17-10-15(23-2)3-4-16(14)17/h3-4,10-11,13H,5-9,12H2,1-2H3. The Morgan fingerprint density at radius 2 is 2.04 bits per heavy atom. The number of rotatable bonds is 5. The van der Waals surface area contributed by atoms with Gasteiger partial charge < -0.3 is 18.8 Å². The zero-order valence-electron chi connectivity index (χ0n) is 14.6. The molecule has 0 atom stereocenters. The summed E-state index contributed by atoms with van der Waals surface area (Å²) < 4.78 is 15.8. The van der Waals surface area contributed by atoms with Crippen LogP contribution >= 0.6 is 0 Å². The van der Waals surface area contributed by atoms with Gasteiger partial charge in [0.15, 0.2) is 6.61 Å². The van der Waals surface area contributed by atoms with E-state index in [0.29, 0.717) is 17.3 Å². The van der Waals surface area contributed by atoms with Crippen LogP contribution in [-0.2, 0) is 20.7 Å². The topological polar surface area (TPSA) is 69.0 Å². The molecule has 1 aromatic heterocycles. The van der Waals surface area contributed by atoms with Crippen molar-refractivity contribution in [3.8, 4) is 5.75 Å². The van der Waals surface area contributed by atoms with Crippen LogP contribution in [0.1, 0.15) is 25.3 Å². The Morgan fingerprint density at radius 3 is 2.76 bits per heavy atom. The van der Waals surface area contributed by atoms with Gasteiger partial charge in [0.1, 0.15) is 11.3 Å². The number of piperidine rings is 1. The predicted octanol–water partition coefficient (Wildman–Crippen LogP) is 2.79. The number of likely N-dealkylation sites (tertiary alicyclic amines) is 1. The highest BCUT2D eigenvalue weighted by atomic mass is 16.5. The fraction of sp³-hybridized carbons (Fsp3) is 0.474. The van der Waals surface area contributed by atoms with Crippen LogP contribution in [-0.4, -0.2) is 43.6 Å². The fourth-order valence-corrected chi connectivity index (χ4v) is 3.03. The lowest BCUT2D eigenvalue weighted by Crippen LogP contribution is -2.40. The van der Waals surface area contributed by atoms with Crippen molar-refractivity contribution in [2.75, 3.05) is 26.8 Å². The molecule has 0 saturated carbocycles. The molecule has 1 aliphatic heterocycles. The first-order valence-corrected chi connectivity index (χ1v) is 8.54. The summed E-state index contributed by atoms with van der Waals surface area (Å²) in [6.07, 6.45) is 3.62. The van der Waals surface area contributed by atoms with E-state index in [9.17, 15) is 9.59 Å². The zero-order valence-corrected chi connectivity index (χ0v) is 14.6. The third kappa shape index (κ3) is 4.13. The number of benzene rings is 1. The van der Waals surface area contributed by atoms with Gasteiger partial charge in [0.05, 0.1) is 19.8 Å². The van der Waals surface area contributed by atoms with Crippen molar-refractivity contribution in [1.29, 1.82) is 0 Å². The van der Waals surface area contributed by atoms with E-state index in [4.69, 9.17) is 13.9 Å². The van der Waals surface area contributed by atoms with E-state index in [-0.39, 0.29) is 18.9 Å². The van der Waals surface area contributed by atoms with E-state index in [1.807, 2.05) is 12.1 Å². The van der Waals surface area contributed by atoms with Crippen molar-refractivity contribution in [3.63, 3.8) is 0 Å². The van der Waals surface area contributed by atoms with E-state index >= 15 is 0 Å². The maximum Gasteiger partial charge on any atom is 0.310 e. The molecular formula is C19H23NO5. The van der Waals surface area contributed by atoms with Gasteiger partial charge in [0.25, 0.3) is 5.91 Å². The number of esters is 1. The van der Waals surface area contributed by atoms with E-state index in [0.717, 1.165) is 36.9 Å². The summed E-state index contributed by atoms with van der Waals surface area (Å²) in [4.78, 5) is 25.9. The highest BCUT2D eigenvalue weighted by Crippen LogP contribution is 2.26. The van der Waals surface area contributed by atoms with Gasteiger partial charge in [-0.3, -0.25) is 9.59 Å². The third-order valence-corrected chi connectivity index (χ3v) is 4.69. The van der Waals surface area contributed by atoms with Gasteiger partial charge in [-0.25, -0.2) is 0 Å². The third-order valence-electron chi connectivity index (χ3n) is 4.69. The number of hydrogen-bond acceptors (Lipinski definition) is 5. The van der Waals surface area contributed by atoms with Crippen LogP contribution in [0.3, 0.4) is 0 Å². The minimum absolute atomic E-state index is 0.0731. The molecule has 6 heteroatoms. The Balaban J connectivity index is 1.53. The lowest BCUT2D eigenvalue weighted by Gasteiger charge is -2.30. The van der Waals surface area contributed by atoms with Gasteiger partial charge in [0.2, 0.25) is 0 Å². The number of ether oxygens (including phenoxy) is 2. The summed E-state index contributed by atoms with van der Waals surface area (Å²) in [6.45, 7) is 3.47. The summed E-state index contributed by atoms with van der Waals surface area (Å²) in [5.41, 5.74) is 1.39. The van der Waals surface area contributed by atoms with Gasteiger partial charge >= 0.3 is 5.97 Å². The molecular weight excluding hydrogens is 322 g/mol. The average Bonchev–Trinajstić information content (AvgIpc) is 3.02. The van der Waals surface area contributed by atoms with Crippen molar-refractivity contribution in [2.24, 2.45) is 5.92 Å². The molecule has 25 heavy (non-hydrogen) atoms. The smallest absolute Gasteiger partial charge is 0.310 e. The number of hydrogen-bond donors (Lipinski definition) is 0. The quantitative estimate of drug-likeness (QED) is 0.780. The van der Waals surface area contributed by atoms with Gasteiger partial charge in [-0.2, -0.15) is 0 Å². The molecule has 1 aliphatic rings. The molecule has 0 spiro atoms. The lowest BCUT2D eigenvalue weighted by molar-refractivity contribution is -0.152. The molecule has 0 bridgehead atoms. The molecule has 0 N–H and O–H groups in total. The van der Waals surface area contributed by atoms with Crippen LogP contribution in [0, 0.1) is 5.92 Å². The Kier molecular flexibility index (Phi) is 5.26. The number of methoxy groups -OCH3 is 1. The molecule has 0 radical (unpaired) electrons. The number of carbonyl (C=O) groups is 2. The van der Waals surface area contributed by atoms with E-state index in [2.05, 4.69) is 6.92 Å². The van der Waals surface area contributed by atoms with E-state index < -0.39 is 5.97 Å². The van der Waals surface area contributed by atoms with Crippen molar-refractivity contribution < 1.29 is 23.5 Å². The molecule has 6 nitrogen and oxygen atoms in total. The van der Waals surface area contributed by atoms with E-state index in [1.165, 1.54) is 0 Å². The second-order valence-corrected chi connectivity index (χ2v) is 6.52. The van der Waals surface area contributed by atoms with Gasteiger partial charge in [-0.15, -0.1) is 0 Å². The number of fused-ring (bicyclic) bond motifs is 1. The van der Waals surface area contributed by atoms with Crippen LogP contribution < -0.4 is 4.74 Å². The van der Waals surface area contributed by atoms with Crippen LogP contribution in [0.25, 0.3) is 11.0 Å². The maximum absolute atomic E-state index is 12.1. The second kappa shape index (κ2) is 7.59. The molecule has 134 valence electrons. The Hall–Kier alpha value is -2.50. The zero-order chi connectivity index (χ0) is 17.8. The molecule has 1 fully saturated rings. The Morgan fingerprint density at radius 1 is 1.28 bits per heavy atom. The lowest BCUT2D eigenvalue weighted by atomic mass is 9.99. The molecule has 1 saturated heterocycles. The molecule has 0 aliphatic carbocycles. The van der Waals surface area contributed by atoms with Crippen molar-refractivity contribution in [2.45, 2.75) is 26.2 Å². The molecule has 2 heterocycles. The largest absolute Gasteiger partial charge is 0.497 e. The summed E-state index contributed by atoms with van der Waals surface area (Å²) in [6, 6.07) is 5.43. The maximum atomic E-state index is 12.1. The first kappa shape index (κ1) is 17.3. The van der Waals surface area contributed by atoms with E-state index in [1.54, 1.807) is 24.3 Å². The molecule has 1 amide bonds. The average molecular weight is 345 g/mol. The SMILES string of the molecule is COc1ccc2c(CC(=O)OCC(=O)N3CCC(C)CC3)coc2c1. The highest BCUT2D eigenvalue weighted by Gasteiger charge is 2.21. The minimum atomic E-state index is -0.433. The monoisotopic (exact) mass is 345 g/mol. The normalized spacial score (nSPS) is 15.4. The number of amides is 1. The number of nitrogens with zero attached hydrogens (tertiary/aromatic N) is 1. The van der Waals surface area contributed by atoms with Crippen molar-refractivity contribution in [3.05, 3.63) is 30.0 Å². The summed E-state index contributed by atoms with van der Waals surface area (Å²) in [5, 5.41) is 0.842. The second-order valence-electron chi connectivity index (χ2n) is 6.52. The Labute approximate surface area is 146 Å². The molecule has 0 unspecified atom stereocenters. The van der Waals surface area contributed by atoms with Crippen LogP contribution in [0.4, 0.5) is 0 Å². The Bertz CT molecular complexity index is 758. The van der Waals surface area contributed by atoms with Crippen LogP contribution in [0.5, 0.6) is 5.75 Å². The predicted molar refractivity (Wildman–Crippen MR) is 92.4 cm³/mol. The van der Waals surface area contributed by atoms with Gasteiger partial charge in [0, 0.05) is 30.1 Å². The first-order chi connectivity index (χ1) is 12.1. The van der Waals surface area contributed by atoms with Gasteiger partial charge in [-0.1, -0.05) is 6.92 Å². The van der Waals surface area contributed by atoms with Gasteiger partial charge in [-0.05, 0) is 30.9 Å². The van der Waals surface area contributed by atoms with Crippen LogP contribution in [0.15, 0.2) is 28.9 Å². The summed E-state index contributed by atoms with van der Waals surface area (Å²) >= 11 is 0. The highest BCUT2D eigenvalue weighted by molar-refractivity contribution is 5.87. The van der Waals surface area contributed by atoms with Crippen molar-refractivity contribution >= 4 is 22.8 Å². The molecule has 2 aromatic rings. The van der Waals surface area contributed by atoms with Crippen molar-refractivity contribution in [1.82, 2.24) is 4.90 Å². The fourth-order valence-electron chi connectivity index (χ4n) is 3.03. The number of carbonyl (C=O) groups excluding carboxylic acids is 2. The molecule has 3 rings (SSSR count). The summed E-state index contributed by atoms with van der Waals surface area (Å²) in [7, 11) is 1.59. The number of furan rings is 1. The van der Waals surface area contributed by atoms with Crippen LogP contribution in [0.2, 0.25) is 0 Å².